The first-order chi connectivity index (χ1) is 7.36. The van der Waals surface area contributed by atoms with E-state index in [-0.39, 0.29) is 5.56 Å². The van der Waals surface area contributed by atoms with Crippen LogP contribution in [0.25, 0.3) is 0 Å². The van der Waals surface area contributed by atoms with Crippen LogP contribution in [0.4, 0.5) is 0 Å². The van der Waals surface area contributed by atoms with Crippen LogP contribution in [0.15, 0.2) is 24.3 Å². The minimum atomic E-state index is -3.23. The monoisotopic (exact) mass is 376 g/mol. The zero-order valence-corrected chi connectivity index (χ0v) is 11.6. The van der Waals surface area contributed by atoms with Crippen molar-refractivity contribution in [3.05, 3.63) is 33.4 Å². The molecule has 0 saturated heterocycles. The molecule has 3 unspecified atom stereocenters. The van der Waals surface area contributed by atoms with E-state index >= 15 is 0 Å². The van der Waals surface area contributed by atoms with Gasteiger partial charge in [-0.15, -0.1) is 4.89 Å². The van der Waals surface area contributed by atoms with E-state index in [1.807, 2.05) is 22.6 Å². The Bertz CT molecular complexity index is 421. The van der Waals surface area contributed by atoms with Gasteiger partial charge in [0.25, 0.3) is 0 Å². The van der Waals surface area contributed by atoms with Crippen molar-refractivity contribution in [1.29, 1.82) is 0 Å². The molecule has 0 radical (unpaired) electrons. The molecule has 1 aromatic carbocycles. The van der Waals surface area contributed by atoms with Crippen molar-refractivity contribution in [2.45, 2.75) is 5.53 Å². The van der Waals surface area contributed by atoms with Gasteiger partial charge in [-0.1, -0.05) is 0 Å². The van der Waals surface area contributed by atoms with E-state index in [4.69, 9.17) is 9.79 Å². The summed E-state index contributed by atoms with van der Waals surface area (Å²) < 4.78 is 26.5. The van der Waals surface area contributed by atoms with Gasteiger partial charge in [0.05, 0.1) is 5.56 Å². The summed E-state index contributed by atoms with van der Waals surface area (Å²) in [6.45, 7) is 0. The van der Waals surface area contributed by atoms with Crippen LogP contribution in [-0.2, 0) is 19.2 Å². The predicted molar refractivity (Wildman–Crippen MR) is 63.8 cm³/mol. The van der Waals surface area contributed by atoms with Crippen LogP contribution in [0.3, 0.4) is 0 Å². The van der Waals surface area contributed by atoms with E-state index in [9.17, 15) is 14.2 Å². The topological polar surface area (TPSA) is 104 Å². The Kier molecular flexibility index (Phi) is 4.88. The molecule has 0 amide bonds. The van der Waals surface area contributed by atoms with Gasteiger partial charge in [0, 0.05) is 8.14 Å². The lowest BCUT2D eigenvalue weighted by Gasteiger charge is -2.07. The molecule has 0 bridgehead atoms. The molecule has 0 aliphatic heterocycles. The second-order valence-electron chi connectivity index (χ2n) is 2.72. The molecule has 0 heterocycles. The molecule has 0 fully saturated rings. The molecule has 86 valence electrons. The molecule has 1 rings (SSSR count). The van der Waals surface area contributed by atoms with Crippen molar-refractivity contribution in [3.63, 3.8) is 0 Å². The maximum Gasteiger partial charge on any atom is 0.702 e. The average molecular weight is 376 g/mol. The molecular weight excluding hydrogens is 369 g/mol. The number of rotatable bonds is 4. The fourth-order valence-corrected chi connectivity index (χ4v) is 2.52. The van der Waals surface area contributed by atoms with E-state index < -0.39 is 21.8 Å². The maximum absolute atomic E-state index is 11.0. The number of hydrogen-bond donors (Lipinski definition) is 3. The summed E-state index contributed by atoms with van der Waals surface area (Å²) in [5.41, 5.74) is -2.73. The molecule has 0 saturated carbocycles. The minimum Gasteiger partial charge on any atom is -0.317 e. The first-order valence-corrected chi connectivity index (χ1v) is 7.28. The second kappa shape index (κ2) is 5.55. The van der Waals surface area contributed by atoms with Crippen molar-refractivity contribution < 1.29 is 28.5 Å². The number of benzene rings is 1. The Morgan fingerprint density at radius 1 is 1.19 bits per heavy atom. The van der Waals surface area contributed by atoms with Crippen molar-refractivity contribution >= 4 is 38.9 Å². The lowest BCUT2D eigenvalue weighted by Crippen LogP contribution is -2.22. The number of aliphatic hydroxyl groups is 1. The van der Waals surface area contributed by atoms with Crippen molar-refractivity contribution in [3.8, 4) is 0 Å². The molecule has 0 aromatic heterocycles. The van der Waals surface area contributed by atoms with Crippen molar-refractivity contribution in [2.75, 3.05) is 0 Å². The summed E-state index contributed by atoms with van der Waals surface area (Å²) in [5.74, 6) is 0. The molecule has 3 N–H and O–H groups in total. The predicted octanol–water partition coefficient (Wildman–Crippen LogP) is 1.79. The Morgan fingerprint density at radius 2 is 1.69 bits per heavy atom. The molecular formula is C7H7IO6P2+2. The van der Waals surface area contributed by atoms with Gasteiger partial charge in [-0.05, 0) is 55.9 Å². The Labute approximate surface area is 106 Å². The summed E-state index contributed by atoms with van der Waals surface area (Å²) in [6, 6.07) is 5.80. The largest absolute Gasteiger partial charge is 0.702 e. The summed E-state index contributed by atoms with van der Waals surface area (Å²) in [6.07, 6.45) is 0. The highest BCUT2D eigenvalue weighted by atomic mass is 127. The minimum absolute atomic E-state index is 0.0612. The van der Waals surface area contributed by atoms with Crippen LogP contribution in [0, 0.1) is 3.57 Å². The normalized spacial score (nSPS) is 16.5. The van der Waals surface area contributed by atoms with Crippen LogP contribution in [0.2, 0.25) is 0 Å². The van der Waals surface area contributed by atoms with Crippen LogP contribution in [0.1, 0.15) is 5.56 Å². The Balaban J connectivity index is 3.16. The fraction of sp³-hybridized carbons (Fsp3) is 0.143. The highest BCUT2D eigenvalue weighted by molar-refractivity contribution is 14.1. The first kappa shape index (κ1) is 14.1. The number of halogens is 1. The lowest BCUT2D eigenvalue weighted by atomic mass is 10.2. The van der Waals surface area contributed by atoms with Gasteiger partial charge < -0.3 is 5.11 Å². The van der Waals surface area contributed by atoms with E-state index in [1.54, 1.807) is 12.1 Å². The zero-order valence-electron chi connectivity index (χ0n) is 7.65. The molecule has 1 aromatic rings. The summed E-state index contributed by atoms with van der Waals surface area (Å²) in [4.78, 5) is 17.5. The van der Waals surface area contributed by atoms with E-state index in [2.05, 4.69) is 4.52 Å². The van der Waals surface area contributed by atoms with Crippen molar-refractivity contribution in [2.24, 2.45) is 0 Å². The first-order valence-electron chi connectivity index (χ1n) is 3.86. The van der Waals surface area contributed by atoms with Gasteiger partial charge in [0.15, 0.2) is 0 Å². The molecule has 9 heteroatoms. The van der Waals surface area contributed by atoms with Gasteiger partial charge in [0.2, 0.25) is 0 Å². The van der Waals surface area contributed by atoms with Crippen LogP contribution in [-0.4, -0.2) is 14.9 Å². The zero-order chi connectivity index (χ0) is 12.3. The highest BCUT2D eigenvalue weighted by Crippen LogP contribution is 2.47. The lowest BCUT2D eigenvalue weighted by molar-refractivity contribution is -0.0741. The quantitative estimate of drug-likeness (QED) is 0.421. The molecule has 0 aliphatic carbocycles. The van der Waals surface area contributed by atoms with Crippen LogP contribution in [0.5, 0.6) is 0 Å². The molecule has 0 spiro atoms. The van der Waals surface area contributed by atoms with Crippen molar-refractivity contribution in [1.82, 2.24) is 0 Å². The third-order valence-corrected chi connectivity index (χ3v) is 3.84. The van der Waals surface area contributed by atoms with Gasteiger partial charge in [0.1, 0.15) is 0 Å². The number of hydrogen-bond acceptors (Lipinski definition) is 4. The Hall–Kier alpha value is -0.0100. The fourth-order valence-electron chi connectivity index (χ4n) is 0.974. The highest BCUT2D eigenvalue weighted by Gasteiger charge is 2.59. The third kappa shape index (κ3) is 3.24. The third-order valence-electron chi connectivity index (χ3n) is 1.68. The van der Waals surface area contributed by atoms with E-state index in [0.29, 0.717) is 0 Å². The standard InChI is InChI=1S/C7H5IO6P2/c8-6-3-1-5(2-4-6)7(9,15(10)11)14-16(12)13/h1-4,9H/p+2. The van der Waals surface area contributed by atoms with E-state index in [1.165, 1.54) is 12.1 Å². The summed E-state index contributed by atoms with van der Waals surface area (Å²) in [5, 5.41) is 9.72. The van der Waals surface area contributed by atoms with Crippen LogP contribution < -0.4 is 0 Å². The van der Waals surface area contributed by atoms with Gasteiger partial charge in [-0.25, -0.2) is 0 Å². The summed E-state index contributed by atoms with van der Waals surface area (Å²) in [7, 11) is -6.43. The smallest absolute Gasteiger partial charge is 0.317 e. The SMILES string of the molecule is O=[P+](O)OC(O)(c1ccc(I)cc1)[P+](=O)O. The molecule has 0 aliphatic rings. The van der Waals surface area contributed by atoms with Crippen LogP contribution >= 0.6 is 38.9 Å². The van der Waals surface area contributed by atoms with Gasteiger partial charge in [-0.3, -0.25) is 0 Å². The van der Waals surface area contributed by atoms with E-state index in [0.717, 1.165) is 3.57 Å². The Morgan fingerprint density at radius 3 is 2.06 bits per heavy atom. The second-order valence-corrected chi connectivity index (χ2v) is 5.77. The molecule has 3 atom stereocenters. The molecule has 6 nitrogen and oxygen atoms in total. The maximum atomic E-state index is 11.0. The van der Waals surface area contributed by atoms with Gasteiger partial charge in [-0.2, -0.15) is 4.89 Å². The average Bonchev–Trinajstić information content (AvgIpc) is 2.17. The van der Waals surface area contributed by atoms with Gasteiger partial charge >= 0.3 is 21.8 Å². The summed E-state index contributed by atoms with van der Waals surface area (Å²) >= 11 is 2.00. The molecule has 16 heavy (non-hydrogen) atoms.